The van der Waals surface area contributed by atoms with Gasteiger partial charge in [0.25, 0.3) is 0 Å². The monoisotopic (exact) mass is 236 g/mol. The molecule has 100 valence electrons. The third-order valence-electron chi connectivity index (χ3n) is 4.35. The molecule has 1 saturated carbocycles. The van der Waals surface area contributed by atoms with Crippen LogP contribution in [-0.4, -0.2) is 0 Å². The molecule has 1 fully saturated rings. The van der Waals surface area contributed by atoms with Crippen LogP contribution in [0.4, 0.5) is 0 Å². The first-order valence-electron chi connectivity index (χ1n) is 7.33. The lowest BCUT2D eigenvalue weighted by Crippen LogP contribution is -2.10. The third kappa shape index (κ3) is 5.27. The molecule has 0 aromatic rings. The average Bonchev–Trinajstić information content (AvgIpc) is 2.92. The number of rotatable bonds is 5. The Bertz CT molecular complexity index is 286. The highest BCUT2D eigenvalue weighted by atomic mass is 14.4. The van der Waals surface area contributed by atoms with E-state index in [0.717, 1.165) is 5.92 Å². The predicted molar refractivity (Wildman–Crippen MR) is 78.2 cm³/mol. The summed E-state index contributed by atoms with van der Waals surface area (Å²) in [5, 5.41) is 0. The van der Waals surface area contributed by atoms with Gasteiger partial charge in [0.2, 0.25) is 0 Å². The van der Waals surface area contributed by atoms with Gasteiger partial charge in [-0.2, -0.15) is 0 Å². The van der Waals surface area contributed by atoms with Gasteiger partial charge in [0.1, 0.15) is 0 Å². The second-order valence-corrected chi connectivity index (χ2v) is 7.99. The van der Waals surface area contributed by atoms with Gasteiger partial charge in [0.15, 0.2) is 0 Å². The molecule has 0 nitrogen and oxygen atoms in total. The van der Waals surface area contributed by atoms with Gasteiger partial charge in [-0.05, 0) is 49.4 Å². The maximum absolute atomic E-state index is 2.41. The lowest BCUT2D eigenvalue weighted by molar-refractivity contribution is 0.307. The zero-order valence-corrected chi connectivity index (χ0v) is 13.1. The molecule has 0 aliphatic heterocycles. The number of allylic oxidation sites excluding steroid dienone is 2. The summed E-state index contributed by atoms with van der Waals surface area (Å²) in [5.74, 6) is 0.921. The summed E-state index contributed by atoms with van der Waals surface area (Å²) in [5.41, 5.74) is 4.50. The van der Waals surface area contributed by atoms with Crippen molar-refractivity contribution in [3.05, 3.63) is 11.1 Å². The minimum atomic E-state index is 0.481. The fourth-order valence-electron chi connectivity index (χ4n) is 2.46. The molecule has 0 radical (unpaired) electrons. The molecule has 1 aliphatic rings. The Morgan fingerprint density at radius 3 is 2.24 bits per heavy atom. The lowest BCUT2D eigenvalue weighted by Gasteiger charge is -2.22. The molecule has 1 rings (SSSR count). The molecular formula is C17H32. The van der Waals surface area contributed by atoms with Crippen LogP contribution in [0.1, 0.15) is 80.6 Å². The van der Waals surface area contributed by atoms with E-state index in [4.69, 9.17) is 0 Å². The standard InChI is InChI=1S/C17H32/c1-8-17(6,7)12-14-11-15(14)13(2)9-10-16(3,4)5/h14H,8-12H2,1-7H3. The normalized spacial score (nSPS) is 23.8. The molecule has 0 heterocycles. The van der Waals surface area contributed by atoms with Crippen LogP contribution in [0.25, 0.3) is 0 Å². The van der Waals surface area contributed by atoms with E-state index in [1.807, 2.05) is 0 Å². The Balaban J connectivity index is 2.43. The first-order chi connectivity index (χ1) is 7.64. The summed E-state index contributed by atoms with van der Waals surface area (Å²) >= 11 is 0. The van der Waals surface area contributed by atoms with Crippen molar-refractivity contribution < 1.29 is 0 Å². The quantitative estimate of drug-likeness (QED) is 0.515. The first kappa shape index (κ1) is 14.8. The molecule has 0 spiro atoms. The van der Waals surface area contributed by atoms with Crippen molar-refractivity contribution in [2.75, 3.05) is 0 Å². The topological polar surface area (TPSA) is 0 Å². The number of hydrogen-bond acceptors (Lipinski definition) is 0. The van der Waals surface area contributed by atoms with E-state index in [1.165, 1.54) is 32.1 Å². The summed E-state index contributed by atoms with van der Waals surface area (Å²) in [4.78, 5) is 0. The Morgan fingerprint density at radius 2 is 1.76 bits per heavy atom. The Hall–Kier alpha value is -0.260. The van der Waals surface area contributed by atoms with Crippen LogP contribution in [0, 0.1) is 16.7 Å². The molecule has 0 N–H and O–H groups in total. The van der Waals surface area contributed by atoms with Crippen LogP contribution < -0.4 is 0 Å². The Kier molecular flexibility index (Phi) is 4.49. The Labute approximate surface area is 109 Å². The first-order valence-corrected chi connectivity index (χ1v) is 7.33. The van der Waals surface area contributed by atoms with Gasteiger partial charge >= 0.3 is 0 Å². The molecule has 1 aliphatic carbocycles. The molecule has 17 heavy (non-hydrogen) atoms. The van der Waals surface area contributed by atoms with Gasteiger partial charge in [-0.1, -0.05) is 59.1 Å². The van der Waals surface area contributed by atoms with Crippen molar-refractivity contribution in [2.24, 2.45) is 16.7 Å². The largest absolute Gasteiger partial charge is 0.0738 e. The van der Waals surface area contributed by atoms with Crippen molar-refractivity contribution in [3.8, 4) is 0 Å². The molecule has 0 saturated heterocycles. The van der Waals surface area contributed by atoms with E-state index < -0.39 is 0 Å². The number of hydrogen-bond donors (Lipinski definition) is 0. The molecule has 0 bridgehead atoms. The second-order valence-electron chi connectivity index (χ2n) is 7.99. The van der Waals surface area contributed by atoms with E-state index in [-0.39, 0.29) is 0 Å². The zero-order valence-electron chi connectivity index (χ0n) is 13.1. The van der Waals surface area contributed by atoms with E-state index in [9.17, 15) is 0 Å². The Morgan fingerprint density at radius 1 is 1.18 bits per heavy atom. The molecule has 0 aromatic heterocycles. The molecule has 0 heteroatoms. The van der Waals surface area contributed by atoms with Gasteiger partial charge in [0, 0.05) is 0 Å². The highest BCUT2D eigenvalue weighted by Crippen LogP contribution is 2.49. The summed E-state index contributed by atoms with van der Waals surface area (Å²) in [6.45, 7) is 16.5. The second kappa shape index (κ2) is 5.16. The SMILES string of the molecule is CCC(C)(C)CC1CC1=C(C)CCC(C)(C)C. The van der Waals surface area contributed by atoms with Crippen molar-refractivity contribution in [1.29, 1.82) is 0 Å². The molecule has 1 unspecified atom stereocenters. The summed E-state index contributed by atoms with van der Waals surface area (Å²) in [6, 6.07) is 0. The fourth-order valence-corrected chi connectivity index (χ4v) is 2.46. The fraction of sp³-hybridized carbons (Fsp3) is 0.882. The van der Waals surface area contributed by atoms with Gasteiger partial charge in [-0.3, -0.25) is 0 Å². The smallest absolute Gasteiger partial charge is 0.0158 e. The van der Waals surface area contributed by atoms with Crippen LogP contribution >= 0.6 is 0 Å². The van der Waals surface area contributed by atoms with Crippen molar-refractivity contribution in [3.63, 3.8) is 0 Å². The maximum Gasteiger partial charge on any atom is -0.0158 e. The molecule has 0 amide bonds. The van der Waals surface area contributed by atoms with Crippen molar-refractivity contribution in [1.82, 2.24) is 0 Å². The molecule has 1 atom stereocenters. The molecule has 0 aromatic carbocycles. The highest BCUT2D eigenvalue weighted by molar-refractivity contribution is 5.29. The van der Waals surface area contributed by atoms with Crippen LogP contribution in [0.2, 0.25) is 0 Å². The van der Waals surface area contributed by atoms with E-state index in [1.54, 1.807) is 11.1 Å². The average molecular weight is 236 g/mol. The van der Waals surface area contributed by atoms with Crippen molar-refractivity contribution in [2.45, 2.75) is 80.6 Å². The van der Waals surface area contributed by atoms with Crippen LogP contribution in [0.5, 0.6) is 0 Å². The van der Waals surface area contributed by atoms with Gasteiger partial charge < -0.3 is 0 Å². The van der Waals surface area contributed by atoms with Crippen LogP contribution in [0.15, 0.2) is 11.1 Å². The van der Waals surface area contributed by atoms with E-state index in [0.29, 0.717) is 10.8 Å². The third-order valence-corrected chi connectivity index (χ3v) is 4.35. The zero-order chi connectivity index (χ0) is 13.3. The van der Waals surface area contributed by atoms with E-state index in [2.05, 4.69) is 48.5 Å². The highest BCUT2D eigenvalue weighted by Gasteiger charge is 2.35. The van der Waals surface area contributed by atoms with E-state index >= 15 is 0 Å². The predicted octanol–water partition coefficient (Wildman–Crippen LogP) is 5.98. The summed E-state index contributed by atoms with van der Waals surface area (Å²) in [7, 11) is 0. The van der Waals surface area contributed by atoms with Gasteiger partial charge in [-0.25, -0.2) is 0 Å². The van der Waals surface area contributed by atoms with Gasteiger partial charge in [0.05, 0.1) is 0 Å². The lowest BCUT2D eigenvalue weighted by atomic mass is 9.84. The summed E-state index contributed by atoms with van der Waals surface area (Å²) in [6.07, 6.45) is 6.72. The van der Waals surface area contributed by atoms with Gasteiger partial charge in [-0.15, -0.1) is 0 Å². The van der Waals surface area contributed by atoms with Crippen LogP contribution in [-0.2, 0) is 0 Å². The maximum atomic E-state index is 2.41. The minimum Gasteiger partial charge on any atom is -0.0738 e. The summed E-state index contributed by atoms with van der Waals surface area (Å²) < 4.78 is 0. The van der Waals surface area contributed by atoms with Crippen LogP contribution in [0.3, 0.4) is 0 Å². The minimum absolute atomic E-state index is 0.481. The molecular weight excluding hydrogens is 204 g/mol. The van der Waals surface area contributed by atoms with Crippen molar-refractivity contribution >= 4 is 0 Å².